The normalized spacial score (nSPS) is 10.8. The summed E-state index contributed by atoms with van der Waals surface area (Å²) >= 11 is 0. The number of H-pyrrole nitrogens is 1. The summed E-state index contributed by atoms with van der Waals surface area (Å²) in [5.74, 6) is -0.556. The summed E-state index contributed by atoms with van der Waals surface area (Å²) in [5.41, 5.74) is 1.08. The number of aromatic hydroxyl groups is 1. The number of carbonyl (C=O) groups is 1. The molecule has 3 N–H and O–H groups in total. The van der Waals surface area contributed by atoms with Gasteiger partial charge in [-0.1, -0.05) is 18.2 Å². The van der Waals surface area contributed by atoms with Gasteiger partial charge in [-0.3, -0.25) is 4.79 Å². The first-order valence-corrected chi connectivity index (χ1v) is 9.30. The summed E-state index contributed by atoms with van der Waals surface area (Å²) in [5, 5.41) is 19.9. The van der Waals surface area contributed by atoms with E-state index in [0.717, 1.165) is 0 Å². The molecule has 0 unspecified atom stereocenters. The van der Waals surface area contributed by atoms with E-state index in [4.69, 9.17) is 9.15 Å². The van der Waals surface area contributed by atoms with E-state index in [2.05, 4.69) is 9.97 Å². The third kappa shape index (κ3) is 3.66. The van der Waals surface area contributed by atoms with Crippen molar-refractivity contribution in [2.24, 2.45) is 0 Å². The number of aromatic nitrogens is 2. The Morgan fingerprint density at radius 3 is 2.52 bits per heavy atom. The Bertz CT molecular complexity index is 1340. The van der Waals surface area contributed by atoms with Gasteiger partial charge >= 0.3 is 5.97 Å². The van der Waals surface area contributed by atoms with Crippen LogP contribution in [0.15, 0.2) is 63.8 Å². The Labute approximate surface area is 176 Å². The molecule has 31 heavy (non-hydrogen) atoms. The van der Waals surface area contributed by atoms with Crippen LogP contribution in [0.1, 0.15) is 16.1 Å². The van der Waals surface area contributed by atoms with Crippen molar-refractivity contribution in [3.05, 3.63) is 76.1 Å². The van der Waals surface area contributed by atoms with Crippen LogP contribution in [-0.4, -0.2) is 33.3 Å². The fourth-order valence-corrected chi connectivity index (χ4v) is 3.27. The van der Waals surface area contributed by atoms with E-state index < -0.39 is 17.1 Å². The number of aromatic carboxylic acids is 1. The summed E-state index contributed by atoms with van der Waals surface area (Å²) in [6, 6.07) is 14.6. The molecule has 0 radical (unpaired) electrons. The molecule has 4 aromatic rings. The van der Waals surface area contributed by atoms with E-state index >= 15 is 0 Å². The van der Waals surface area contributed by atoms with Crippen LogP contribution in [-0.2, 0) is 0 Å². The van der Waals surface area contributed by atoms with Crippen LogP contribution in [0.2, 0.25) is 0 Å². The van der Waals surface area contributed by atoms with Crippen molar-refractivity contribution in [1.82, 2.24) is 9.97 Å². The van der Waals surface area contributed by atoms with E-state index in [0.29, 0.717) is 28.3 Å². The average Bonchev–Trinajstić information content (AvgIpc) is 3.21. The van der Waals surface area contributed by atoms with Gasteiger partial charge in [-0.25, -0.2) is 9.78 Å². The highest BCUT2D eigenvalue weighted by atomic mass is 16.5. The van der Waals surface area contributed by atoms with Crippen LogP contribution in [0.25, 0.3) is 34.1 Å². The molecule has 0 aliphatic carbocycles. The largest absolute Gasteiger partial charge is 0.501 e. The van der Waals surface area contributed by atoms with Gasteiger partial charge in [-0.05, 0) is 37.3 Å². The van der Waals surface area contributed by atoms with Gasteiger partial charge in [-0.2, -0.15) is 0 Å². The maximum Gasteiger partial charge on any atom is 0.336 e. The topological polar surface area (TPSA) is 126 Å². The molecular weight excluding hydrogens is 400 g/mol. The van der Waals surface area contributed by atoms with Crippen molar-refractivity contribution >= 4 is 5.97 Å². The SMILES string of the molecule is COc1ccc(-c2nc(-c3ccccc3C(=O)O)[nH]c2-c2oc(C)cc(=O)c2O)cc1. The van der Waals surface area contributed by atoms with E-state index in [1.807, 2.05) is 0 Å². The first kappa shape index (κ1) is 20.0. The Hall–Kier alpha value is -4.33. The fraction of sp³-hybridized carbons (Fsp3) is 0.0870. The number of benzene rings is 2. The summed E-state index contributed by atoms with van der Waals surface area (Å²) in [6.07, 6.45) is 0. The molecule has 2 aromatic heterocycles. The zero-order valence-electron chi connectivity index (χ0n) is 16.7. The number of hydrogen-bond acceptors (Lipinski definition) is 6. The monoisotopic (exact) mass is 418 g/mol. The van der Waals surface area contributed by atoms with Crippen molar-refractivity contribution in [3.8, 4) is 45.6 Å². The molecule has 0 aliphatic heterocycles. The van der Waals surface area contributed by atoms with E-state index in [1.165, 1.54) is 12.1 Å². The van der Waals surface area contributed by atoms with Crippen LogP contribution in [0.4, 0.5) is 0 Å². The molecule has 8 heteroatoms. The predicted molar refractivity (Wildman–Crippen MR) is 113 cm³/mol. The molecule has 0 saturated carbocycles. The second kappa shape index (κ2) is 7.83. The lowest BCUT2D eigenvalue weighted by atomic mass is 10.1. The smallest absolute Gasteiger partial charge is 0.336 e. The zero-order valence-corrected chi connectivity index (χ0v) is 16.7. The van der Waals surface area contributed by atoms with Crippen molar-refractivity contribution in [1.29, 1.82) is 0 Å². The summed E-state index contributed by atoms with van der Waals surface area (Å²) in [7, 11) is 1.55. The van der Waals surface area contributed by atoms with Gasteiger partial charge in [-0.15, -0.1) is 0 Å². The van der Waals surface area contributed by atoms with Gasteiger partial charge in [0.25, 0.3) is 0 Å². The number of carboxylic acids is 1. The molecule has 2 aromatic carbocycles. The molecular formula is C23H18N2O6. The van der Waals surface area contributed by atoms with E-state index in [-0.39, 0.29) is 22.8 Å². The molecule has 0 atom stereocenters. The number of aromatic amines is 1. The van der Waals surface area contributed by atoms with Crippen molar-refractivity contribution < 1.29 is 24.2 Å². The predicted octanol–water partition coefficient (Wildman–Crippen LogP) is 4.08. The van der Waals surface area contributed by atoms with Crippen LogP contribution in [0, 0.1) is 6.92 Å². The third-order valence-electron chi connectivity index (χ3n) is 4.75. The Kier molecular flexibility index (Phi) is 5.04. The molecule has 0 amide bonds. The quantitative estimate of drug-likeness (QED) is 0.446. The fourth-order valence-electron chi connectivity index (χ4n) is 3.27. The lowest BCUT2D eigenvalue weighted by molar-refractivity contribution is 0.0697. The molecule has 4 rings (SSSR count). The molecule has 0 fully saturated rings. The van der Waals surface area contributed by atoms with Gasteiger partial charge in [0, 0.05) is 17.2 Å². The van der Waals surface area contributed by atoms with Crippen molar-refractivity contribution in [2.45, 2.75) is 6.92 Å². The van der Waals surface area contributed by atoms with Gasteiger partial charge < -0.3 is 24.4 Å². The second-order valence-electron chi connectivity index (χ2n) is 6.79. The minimum atomic E-state index is -1.11. The second-order valence-corrected chi connectivity index (χ2v) is 6.79. The summed E-state index contributed by atoms with van der Waals surface area (Å²) in [4.78, 5) is 31.5. The Balaban J connectivity index is 2.00. The van der Waals surface area contributed by atoms with Gasteiger partial charge in [0.05, 0.1) is 12.7 Å². The number of hydrogen-bond donors (Lipinski definition) is 3. The third-order valence-corrected chi connectivity index (χ3v) is 4.75. The molecule has 156 valence electrons. The zero-order chi connectivity index (χ0) is 22.1. The first-order valence-electron chi connectivity index (χ1n) is 9.30. The maximum atomic E-state index is 12.1. The first-order chi connectivity index (χ1) is 14.9. The Morgan fingerprint density at radius 1 is 1.13 bits per heavy atom. The van der Waals surface area contributed by atoms with Crippen molar-refractivity contribution in [3.63, 3.8) is 0 Å². The minimum absolute atomic E-state index is 0.0546. The molecule has 0 saturated heterocycles. The minimum Gasteiger partial charge on any atom is -0.501 e. The van der Waals surface area contributed by atoms with Crippen LogP contribution >= 0.6 is 0 Å². The number of imidazole rings is 1. The molecule has 0 bridgehead atoms. The number of nitrogens with zero attached hydrogens (tertiary/aromatic N) is 1. The maximum absolute atomic E-state index is 12.1. The standard InChI is InChI=1S/C23H18N2O6/c1-12-11-17(26)20(27)21(31-12)19-18(13-7-9-14(30-2)10-8-13)24-22(25-19)15-5-3-4-6-16(15)23(28)29/h3-11,27H,1-2H3,(H,24,25)(H,28,29). The molecule has 2 heterocycles. The number of aryl methyl sites for hydroxylation is 1. The van der Waals surface area contributed by atoms with Gasteiger partial charge in [0.2, 0.25) is 11.2 Å². The van der Waals surface area contributed by atoms with E-state index in [1.54, 1.807) is 56.5 Å². The summed E-state index contributed by atoms with van der Waals surface area (Å²) in [6.45, 7) is 1.59. The number of ether oxygens (including phenoxy) is 1. The number of carboxylic acid groups (broad SMARTS) is 1. The lowest BCUT2D eigenvalue weighted by Gasteiger charge is -2.06. The van der Waals surface area contributed by atoms with E-state index in [9.17, 15) is 19.8 Å². The average molecular weight is 418 g/mol. The highest BCUT2D eigenvalue weighted by molar-refractivity contribution is 5.95. The summed E-state index contributed by atoms with van der Waals surface area (Å²) < 4.78 is 10.8. The molecule has 8 nitrogen and oxygen atoms in total. The van der Waals surface area contributed by atoms with Gasteiger partial charge in [0.15, 0.2) is 5.76 Å². The van der Waals surface area contributed by atoms with Gasteiger partial charge in [0.1, 0.15) is 28.7 Å². The van der Waals surface area contributed by atoms with Crippen molar-refractivity contribution in [2.75, 3.05) is 7.11 Å². The van der Waals surface area contributed by atoms with Crippen LogP contribution in [0.3, 0.4) is 0 Å². The number of nitrogens with one attached hydrogen (secondary N) is 1. The number of rotatable bonds is 5. The molecule has 0 spiro atoms. The van der Waals surface area contributed by atoms with Crippen LogP contribution < -0.4 is 10.2 Å². The molecule has 0 aliphatic rings. The number of methoxy groups -OCH3 is 1. The highest BCUT2D eigenvalue weighted by Gasteiger charge is 2.23. The highest BCUT2D eigenvalue weighted by Crippen LogP contribution is 2.37. The van der Waals surface area contributed by atoms with Crippen LogP contribution in [0.5, 0.6) is 11.5 Å². The Morgan fingerprint density at radius 2 is 1.84 bits per heavy atom. The lowest BCUT2D eigenvalue weighted by Crippen LogP contribution is -2.01.